The Morgan fingerprint density at radius 2 is 1.59 bits per heavy atom. The topological polar surface area (TPSA) is 79.5 Å². The van der Waals surface area contributed by atoms with Crippen molar-refractivity contribution in [3.63, 3.8) is 0 Å². The fraction of sp³-hybridized carbons (Fsp3) is 0.125. The molecule has 3 aromatic carbocycles. The maximum Gasteiger partial charge on any atom is 0.257 e. The highest BCUT2D eigenvalue weighted by atomic mass is 79.9. The second-order valence-corrected chi connectivity index (χ2v) is 8.20. The third-order valence-corrected chi connectivity index (χ3v) is 5.52. The van der Waals surface area contributed by atoms with E-state index >= 15 is 0 Å². The van der Waals surface area contributed by atoms with Crippen molar-refractivity contribution < 1.29 is 14.3 Å². The van der Waals surface area contributed by atoms with Crippen LogP contribution in [0.3, 0.4) is 0 Å². The van der Waals surface area contributed by atoms with Crippen molar-refractivity contribution in [1.82, 2.24) is 10.6 Å². The summed E-state index contributed by atoms with van der Waals surface area (Å²) in [5.41, 5.74) is 2.64. The number of methoxy groups -OCH3 is 1. The molecule has 1 atom stereocenters. The molecule has 6 nitrogen and oxygen atoms in total. The molecule has 0 saturated carbocycles. The number of ether oxygens (including phenoxy) is 1. The van der Waals surface area contributed by atoms with Crippen molar-refractivity contribution in [3.05, 3.63) is 94.0 Å². The minimum absolute atomic E-state index is 0.109. The van der Waals surface area contributed by atoms with Gasteiger partial charge in [-0.25, -0.2) is 0 Å². The molecule has 0 bridgehead atoms. The van der Waals surface area contributed by atoms with Crippen LogP contribution in [0.4, 0.5) is 5.69 Å². The van der Waals surface area contributed by atoms with E-state index in [2.05, 4.69) is 31.9 Å². The molecule has 1 unspecified atom stereocenters. The Labute approximate surface area is 200 Å². The van der Waals surface area contributed by atoms with Crippen molar-refractivity contribution in [2.75, 3.05) is 12.4 Å². The number of carbonyl (C=O) groups excluding carboxylic acids is 2. The lowest BCUT2D eigenvalue weighted by Crippen LogP contribution is -2.34. The molecule has 32 heavy (non-hydrogen) atoms. The van der Waals surface area contributed by atoms with Crippen molar-refractivity contribution in [2.24, 2.45) is 0 Å². The number of hydrogen-bond acceptors (Lipinski definition) is 4. The molecule has 0 heterocycles. The van der Waals surface area contributed by atoms with E-state index < -0.39 is 0 Å². The summed E-state index contributed by atoms with van der Waals surface area (Å²) in [5.74, 6) is 0.107. The van der Waals surface area contributed by atoms with Gasteiger partial charge in [-0.15, -0.1) is 0 Å². The van der Waals surface area contributed by atoms with Crippen LogP contribution < -0.4 is 20.7 Å². The lowest BCUT2D eigenvalue weighted by molar-refractivity contribution is 0.0938. The lowest BCUT2D eigenvalue weighted by Gasteiger charge is -2.15. The molecule has 0 aliphatic carbocycles. The fourth-order valence-corrected chi connectivity index (χ4v) is 3.71. The third kappa shape index (κ3) is 6.15. The maximum absolute atomic E-state index is 12.5. The molecule has 0 fully saturated rings. The van der Waals surface area contributed by atoms with Gasteiger partial charge < -0.3 is 15.4 Å². The highest BCUT2D eigenvalue weighted by Crippen LogP contribution is 2.25. The number of benzene rings is 3. The van der Waals surface area contributed by atoms with Crippen LogP contribution in [0.2, 0.25) is 0 Å². The Morgan fingerprint density at radius 1 is 0.938 bits per heavy atom. The van der Waals surface area contributed by atoms with E-state index in [4.69, 9.17) is 17.0 Å². The molecule has 3 rings (SSSR count). The second kappa shape index (κ2) is 10.9. The summed E-state index contributed by atoms with van der Waals surface area (Å²) in [6.07, 6.45) is 0. The number of halogens is 1. The molecular formula is C24H22BrN3O3S. The van der Waals surface area contributed by atoms with Crippen molar-refractivity contribution in [3.8, 4) is 5.75 Å². The standard InChI is InChI=1S/C24H22BrN3O3S/c1-15(16-6-4-3-5-7-16)26-22(29)17-8-11-19(12-9-17)27-24(32)28-23(30)18-10-13-21(31-2)20(25)14-18/h3-15H,1-2H3,(H,26,29)(H2,27,28,30,32). The Balaban J connectivity index is 1.55. The first kappa shape index (κ1) is 23.4. The minimum atomic E-state index is -0.350. The normalized spacial score (nSPS) is 11.2. The molecule has 0 spiro atoms. The van der Waals surface area contributed by atoms with Crippen LogP contribution in [-0.4, -0.2) is 24.0 Å². The second-order valence-electron chi connectivity index (χ2n) is 6.94. The quantitative estimate of drug-likeness (QED) is 0.402. The van der Waals surface area contributed by atoms with Gasteiger partial charge in [0.25, 0.3) is 11.8 Å². The SMILES string of the molecule is COc1ccc(C(=O)NC(=S)Nc2ccc(C(=O)NC(C)c3ccccc3)cc2)cc1Br. The van der Waals surface area contributed by atoms with E-state index in [1.165, 1.54) is 0 Å². The van der Waals surface area contributed by atoms with Crippen LogP contribution in [0.25, 0.3) is 0 Å². The molecule has 2 amide bonds. The monoisotopic (exact) mass is 511 g/mol. The fourth-order valence-electron chi connectivity index (χ4n) is 2.96. The van der Waals surface area contributed by atoms with Crippen LogP contribution in [0.15, 0.2) is 77.3 Å². The van der Waals surface area contributed by atoms with E-state index in [0.29, 0.717) is 27.0 Å². The van der Waals surface area contributed by atoms with Gasteiger partial charge in [-0.1, -0.05) is 30.3 Å². The van der Waals surface area contributed by atoms with Crippen LogP contribution in [0.1, 0.15) is 39.2 Å². The summed E-state index contributed by atoms with van der Waals surface area (Å²) in [6, 6.07) is 21.5. The molecule has 0 aliphatic rings. The van der Waals surface area contributed by atoms with Gasteiger partial charge in [0.2, 0.25) is 0 Å². The van der Waals surface area contributed by atoms with Crippen LogP contribution in [-0.2, 0) is 0 Å². The first-order valence-corrected chi connectivity index (χ1v) is 11.0. The molecule has 8 heteroatoms. The average Bonchev–Trinajstić information content (AvgIpc) is 2.79. The molecule has 3 aromatic rings. The smallest absolute Gasteiger partial charge is 0.257 e. The molecule has 3 N–H and O–H groups in total. The highest BCUT2D eigenvalue weighted by Gasteiger charge is 2.13. The Morgan fingerprint density at radius 3 is 2.22 bits per heavy atom. The van der Waals surface area contributed by atoms with Crippen molar-refractivity contribution >= 4 is 50.8 Å². The summed E-state index contributed by atoms with van der Waals surface area (Å²) in [4.78, 5) is 24.9. The van der Waals surface area contributed by atoms with Gasteiger partial charge in [0.15, 0.2) is 5.11 Å². The Hall–Kier alpha value is -3.23. The van der Waals surface area contributed by atoms with Gasteiger partial charge in [0.1, 0.15) is 5.75 Å². The third-order valence-electron chi connectivity index (χ3n) is 4.69. The maximum atomic E-state index is 12.5. The van der Waals surface area contributed by atoms with Gasteiger partial charge in [-0.2, -0.15) is 0 Å². The number of anilines is 1. The Kier molecular flexibility index (Phi) is 7.97. The van der Waals surface area contributed by atoms with Gasteiger partial charge in [0, 0.05) is 16.8 Å². The van der Waals surface area contributed by atoms with E-state index in [1.807, 2.05) is 37.3 Å². The predicted molar refractivity (Wildman–Crippen MR) is 133 cm³/mol. The summed E-state index contributed by atoms with van der Waals surface area (Å²) in [7, 11) is 1.55. The average molecular weight is 512 g/mol. The van der Waals surface area contributed by atoms with Crippen molar-refractivity contribution in [1.29, 1.82) is 0 Å². The molecule has 0 aromatic heterocycles. The zero-order valence-corrected chi connectivity index (χ0v) is 19.9. The van der Waals surface area contributed by atoms with Gasteiger partial charge in [-0.05, 0) is 83.1 Å². The minimum Gasteiger partial charge on any atom is -0.496 e. The molecule has 0 radical (unpaired) electrons. The van der Waals surface area contributed by atoms with Crippen LogP contribution in [0, 0.1) is 0 Å². The van der Waals surface area contributed by atoms with Gasteiger partial charge in [-0.3, -0.25) is 14.9 Å². The first-order chi connectivity index (χ1) is 15.4. The van der Waals surface area contributed by atoms with Crippen molar-refractivity contribution in [2.45, 2.75) is 13.0 Å². The van der Waals surface area contributed by atoms with E-state index in [1.54, 1.807) is 49.6 Å². The number of amides is 2. The largest absolute Gasteiger partial charge is 0.496 e. The van der Waals surface area contributed by atoms with Crippen LogP contribution in [0.5, 0.6) is 5.75 Å². The number of nitrogens with one attached hydrogen (secondary N) is 3. The van der Waals surface area contributed by atoms with Crippen LogP contribution >= 0.6 is 28.1 Å². The number of rotatable bonds is 6. The van der Waals surface area contributed by atoms with E-state index in [9.17, 15) is 9.59 Å². The van der Waals surface area contributed by atoms with Gasteiger partial charge in [0.05, 0.1) is 17.6 Å². The lowest BCUT2D eigenvalue weighted by atomic mass is 10.1. The summed E-state index contributed by atoms with van der Waals surface area (Å²) < 4.78 is 5.83. The molecule has 0 saturated heterocycles. The van der Waals surface area contributed by atoms with E-state index in [0.717, 1.165) is 5.56 Å². The summed E-state index contributed by atoms with van der Waals surface area (Å²) >= 11 is 8.59. The number of hydrogen-bond donors (Lipinski definition) is 3. The predicted octanol–water partition coefficient (Wildman–Crippen LogP) is 5.08. The first-order valence-electron chi connectivity index (χ1n) is 9.79. The zero-order chi connectivity index (χ0) is 23.1. The zero-order valence-electron chi connectivity index (χ0n) is 17.5. The molecular weight excluding hydrogens is 490 g/mol. The van der Waals surface area contributed by atoms with E-state index in [-0.39, 0.29) is 23.0 Å². The summed E-state index contributed by atoms with van der Waals surface area (Å²) in [6.45, 7) is 1.94. The molecule has 0 aliphatic heterocycles. The number of carbonyl (C=O) groups is 2. The molecule has 164 valence electrons. The highest BCUT2D eigenvalue weighted by molar-refractivity contribution is 9.10. The summed E-state index contributed by atoms with van der Waals surface area (Å²) in [5, 5.41) is 8.70. The Bertz CT molecular complexity index is 1120. The van der Waals surface area contributed by atoms with Gasteiger partial charge >= 0.3 is 0 Å². The number of thiocarbonyl (C=S) groups is 1.